The van der Waals surface area contributed by atoms with Gasteiger partial charge in [0.25, 0.3) is 0 Å². The summed E-state index contributed by atoms with van der Waals surface area (Å²) in [6.07, 6.45) is 1.92. The largest absolute Gasteiger partial charge is 0.493 e. The summed E-state index contributed by atoms with van der Waals surface area (Å²) >= 11 is 0. The van der Waals surface area contributed by atoms with E-state index < -0.39 is 0 Å². The number of benzene rings is 2. The molecule has 0 radical (unpaired) electrons. The molecule has 2 aromatic carbocycles. The Hall–Kier alpha value is -1.80. The van der Waals surface area contributed by atoms with Crippen LogP contribution in [0.2, 0.25) is 0 Å². The molecule has 0 fully saturated rings. The van der Waals surface area contributed by atoms with E-state index in [1.807, 2.05) is 18.2 Å². The van der Waals surface area contributed by atoms with Gasteiger partial charge in [-0.3, -0.25) is 4.99 Å². The first-order valence-corrected chi connectivity index (χ1v) is 9.64. The number of hydrogen-bond acceptors (Lipinski definition) is 3. The number of fused-ring (bicyclic) bond motifs is 1. The van der Waals surface area contributed by atoms with Gasteiger partial charge in [0.1, 0.15) is 11.9 Å². The Balaban J connectivity index is 0.00000280. The Kier molecular flexibility index (Phi) is 9.57. The van der Waals surface area contributed by atoms with Crippen LogP contribution in [0.1, 0.15) is 29.7 Å². The number of ether oxygens (including phenoxy) is 2. The zero-order valence-electron chi connectivity index (χ0n) is 16.6. The van der Waals surface area contributed by atoms with Gasteiger partial charge in [0.2, 0.25) is 0 Å². The van der Waals surface area contributed by atoms with Gasteiger partial charge in [-0.2, -0.15) is 0 Å². The van der Waals surface area contributed by atoms with E-state index in [1.165, 1.54) is 11.1 Å². The van der Waals surface area contributed by atoms with E-state index in [0.29, 0.717) is 6.54 Å². The van der Waals surface area contributed by atoms with Crippen molar-refractivity contribution in [2.24, 2.45) is 4.99 Å². The van der Waals surface area contributed by atoms with Gasteiger partial charge in [0, 0.05) is 26.6 Å². The molecule has 0 aromatic heterocycles. The second kappa shape index (κ2) is 11.9. The minimum Gasteiger partial charge on any atom is -0.493 e. The molecular weight excluding hydrogens is 465 g/mol. The van der Waals surface area contributed by atoms with Gasteiger partial charge in [0.15, 0.2) is 5.96 Å². The predicted octanol–water partition coefficient (Wildman–Crippen LogP) is 3.72. The number of aliphatic imine (C=N–C) groups is 1. The molecule has 152 valence electrons. The molecule has 0 saturated heterocycles. The minimum atomic E-state index is -0.0432. The molecule has 0 saturated carbocycles. The van der Waals surface area contributed by atoms with E-state index in [9.17, 15) is 0 Å². The van der Waals surface area contributed by atoms with E-state index in [-0.39, 0.29) is 30.1 Å². The van der Waals surface area contributed by atoms with Crippen molar-refractivity contribution >= 4 is 29.9 Å². The summed E-state index contributed by atoms with van der Waals surface area (Å²) < 4.78 is 11.2. The van der Waals surface area contributed by atoms with Crippen LogP contribution in [0.5, 0.6) is 5.75 Å². The molecule has 1 aliphatic rings. The molecular formula is C22H30IN3O2. The molecule has 0 bridgehead atoms. The standard InChI is InChI=1S/C22H29N3O2.HI/c1-3-23-22(25-16-21(26-2)18-7-5-4-6-8-18)24-13-11-17-9-10-20-19(15-17)12-14-27-20;/h4-10,15,21H,3,11-14,16H2,1-2H3,(H2,23,24,25);1H. The van der Waals surface area contributed by atoms with Crippen molar-refractivity contribution in [3.8, 4) is 5.75 Å². The molecule has 3 rings (SSSR count). The lowest BCUT2D eigenvalue weighted by atomic mass is 10.1. The Morgan fingerprint density at radius 2 is 2.00 bits per heavy atom. The molecule has 1 aliphatic heterocycles. The first kappa shape index (κ1) is 22.5. The Bertz CT molecular complexity index is 753. The maximum atomic E-state index is 5.61. The number of nitrogens with zero attached hydrogens (tertiary/aromatic N) is 1. The van der Waals surface area contributed by atoms with Gasteiger partial charge in [0.05, 0.1) is 13.2 Å². The Morgan fingerprint density at radius 3 is 2.75 bits per heavy atom. The van der Waals surface area contributed by atoms with Crippen LogP contribution in [-0.2, 0) is 17.6 Å². The molecule has 5 nitrogen and oxygen atoms in total. The van der Waals surface area contributed by atoms with Crippen molar-refractivity contribution in [1.82, 2.24) is 10.6 Å². The smallest absolute Gasteiger partial charge is 0.191 e. The summed E-state index contributed by atoms with van der Waals surface area (Å²) in [6, 6.07) is 16.7. The second-order valence-corrected chi connectivity index (χ2v) is 6.57. The molecule has 6 heteroatoms. The molecule has 2 aromatic rings. The van der Waals surface area contributed by atoms with Crippen molar-refractivity contribution in [2.75, 3.05) is 33.4 Å². The zero-order valence-corrected chi connectivity index (χ0v) is 18.9. The van der Waals surface area contributed by atoms with E-state index in [1.54, 1.807) is 7.11 Å². The molecule has 1 atom stereocenters. The van der Waals surface area contributed by atoms with Crippen LogP contribution >= 0.6 is 24.0 Å². The van der Waals surface area contributed by atoms with Crippen molar-refractivity contribution in [1.29, 1.82) is 0 Å². The maximum absolute atomic E-state index is 5.61. The summed E-state index contributed by atoms with van der Waals surface area (Å²) in [5, 5.41) is 6.72. The van der Waals surface area contributed by atoms with Gasteiger partial charge < -0.3 is 20.1 Å². The molecule has 0 spiro atoms. The average Bonchev–Trinajstić information content (AvgIpc) is 3.17. The monoisotopic (exact) mass is 495 g/mol. The van der Waals surface area contributed by atoms with Gasteiger partial charge in [-0.1, -0.05) is 42.5 Å². The highest BCUT2D eigenvalue weighted by atomic mass is 127. The lowest BCUT2D eigenvalue weighted by molar-refractivity contribution is 0.111. The lowest BCUT2D eigenvalue weighted by Gasteiger charge is -2.16. The van der Waals surface area contributed by atoms with Crippen LogP contribution in [0.4, 0.5) is 0 Å². The van der Waals surface area contributed by atoms with E-state index >= 15 is 0 Å². The average molecular weight is 495 g/mol. The van der Waals surface area contributed by atoms with Crippen LogP contribution in [0.3, 0.4) is 0 Å². The third kappa shape index (κ3) is 6.38. The highest BCUT2D eigenvalue weighted by molar-refractivity contribution is 14.0. The number of guanidine groups is 1. The topological polar surface area (TPSA) is 54.9 Å². The highest BCUT2D eigenvalue weighted by Gasteiger charge is 2.12. The summed E-state index contributed by atoms with van der Waals surface area (Å²) in [4.78, 5) is 4.70. The number of methoxy groups -OCH3 is 1. The van der Waals surface area contributed by atoms with E-state index in [2.05, 4.69) is 47.9 Å². The highest BCUT2D eigenvalue weighted by Crippen LogP contribution is 2.25. The van der Waals surface area contributed by atoms with Gasteiger partial charge in [-0.05, 0) is 36.1 Å². The van der Waals surface area contributed by atoms with E-state index in [4.69, 9.17) is 14.5 Å². The SMILES string of the molecule is CCNC(=NCC(OC)c1ccccc1)NCCc1ccc2c(c1)CCO2.I. The lowest BCUT2D eigenvalue weighted by Crippen LogP contribution is -2.38. The molecule has 28 heavy (non-hydrogen) atoms. The fraction of sp³-hybridized carbons (Fsp3) is 0.409. The molecule has 1 heterocycles. The first-order valence-electron chi connectivity index (χ1n) is 9.64. The summed E-state index contributed by atoms with van der Waals surface area (Å²) in [7, 11) is 1.73. The Labute approximate surface area is 184 Å². The molecule has 1 unspecified atom stereocenters. The fourth-order valence-corrected chi connectivity index (χ4v) is 3.22. The van der Waals surface area contributed by atoms with Crippen molar-refractivity contribution in [3.05, 3.63) is 65.2 Å². The molecule has 2 N–H and O–H groups in total. The minimum absolute atomic E-state index is 0. The summed E-state index contributed by atoms with van der Waals surface area (Å²) in [6.45, 7) is 5.10. The first-order chi connectivity index (χ1) is 13.3. The number of rotatable bonds is 8. The summed E-state index contributed by atoms with van der Waals surface area (Å²) in [5.74, 6) is 1.85. The maximum Gasteiger partial charge on any atom is 0.191 e. The Morgan fingerprint density at radius 1 is 1.18 bits per heavy atom. The predicted molar refractivity (Wildman–Crippen MR) is 125 cm³/mol. The van der Waals surface area contributed by atoms with Gasteiger partial charge in [-0.15, -0.1) is 24.0 Å². The third-order valence-corrected chi connectivity index (χ3v) is 4.68. The summed E-state index contributed by atoms with van der Waals surface area (Å²) in [5.41, 5.74) is 3.78. The normalized spacial score (nSPS) is 13.9. The van der Waals surface area contributed by atoms with Crippen molar-refractivity contribution in [2.45, 2.75) is 25.9 Å². The van der Waals surface area contributed by atoms with Crippen LogP contribution in [-0.4, -0.2) is 39.3 Å². The van der Waals surface area contributed by atoms with E-state index in [0.717, 1.165) is 49.8 Å². The second-order valence-electron chi connectivity index (χ2n) is 6.57. The van der Waals surface area contributed by atoms with Crippen LogP contribution in [0.15, 0.2) is 53.5 Å². The van der Waals surface area contributed by atoms with Gasteiger partial charge in [-0.25, -0.2) is 0 Å². The third-order valence-electron chi connectivity index (χ3n) is 4.68. The molecule has 0 amide bonds. The zero-order chi connectivity index (χ0) is 18.9. The fourth-order valence-electron chi connectivity index (χ4n) is 3.22. The van der Waals surface area contributed by atoms with Crippen molar-refractivity contribution in [3.63, 3.8) is 0 Å². The van der Waals surface area contributed by atoms with Crippen LogP contribution < -0.4 is 15.4 Å². The number of hydrogen-bond donors (Lipinski definition) is 2. The number of nitrogens with one attached hydrogen (secondary N) is 2. The van der Waals surface area contributed by atoms with Crippen LogP contribution in [0.25, 0.3) is 0 Å². The van der Waals surface area contributed by atoms with Crippen molar-refractivity contribution < 1.29 is 9.47 Å². The quantitative estimate of drug-likeness (QED) is 0.333. The number of halogens is 1. The van der Waals surface area contributed by atoms with Gasteiger partial charge >= 0.3 is 0 Å². The molecule has 0 aliphatic carbocycles. The van der Waals surface area contributed by atoms with Crippen LogP contribution in [0, 0.1) is 0 Å².